The Bertz CT molecular complexity index is 632. The zero-order chi connectivity index (χ0) is 16.1. The smallest absolute Gasteiger partial charge is 0.224 e. The number of pyridine rings is 1. The Labute approximate surface area is 131 Å². The molecule has 118 valence electrons. The first kappa shape index (κ1) is 16.2. The first-order chi connectivity index (χ1) is 10.5. The molecule has 0 saturated carbocycles. The Balaban J connectivity index is 1.96. The summed E-state index contributed by atoms with van der Waals surface area (Å²) >= 11 is 0. The maximum absolute atomic E-state index is 12.0. The van der Waals surface area contributed by atoms with Crippen molar-refractivity contribution in [2.45, 2.75) is 47.1 Å². The second kappa shape index (κ2) is 7.20. The number of rotatable bonds is 6. The number of aryl methyl sites for hydroxylation is 1. The lowest BCUT2D eigenvalue weighted by molar-refractivity contribution is -0.116. The lowest BCUT2D eigenvalue weighted by Gasteiger charge is -2.08. The zero-order valence-electron chi connectivity index (χ0n) is 13.8. The Kier molecular flexibility index (Phi) is 5.31. The van der Waals surface area contributed by atoms with Crippen molar-refractivity contribution < 1.29 is 4.79 Å². The van der Waals surface area contributed by atoms with Gasteiger partial charge in [-0.3, -0.25) is 14.5 Å². The number of carbonyl (C=O) groups is 1. The first-order valence-corrected chi connectivity index (χ1v) is 7.70. The summed E-state index contributed by atoms with van der Waals surface area (Å²) < 4.78 is 2.05. The molecule has 0 aliphatic rings. The molecule has 0 aromatic carbocycles. The van der Waals surface area contributed by atoms with Crippen LogP contribution in [-0.4, -0.2) is 20.7 Å². The molecule has 2 rings (SSSR count). The number of nitrogens with zero attached hydrogens (tertiary/aromatic N) is 3. The molecule has 0 spiro atoms. The van der Waals surface area contributed by atoms with Crippen LogP contribution in [-0.2, 0) is 17.8 Å². The third kappa shape index (κ3) is 4.16. The highest BCUT2D eigenvalue weighted by molar-refractivity contribution is 5.90. The van der Waals surface area contributed by atoms with E-state index in [-0.39, 0.29) is 5.91 Å². The molecule has 0 fully saturated rings. The highest BCUT2D eigenvalue weighted by Gasteiger charge is 2.13. The lowest BCUT2D eigenvalue weighted by atomic mass is 10.1. The molecule has 22 heavy (non-hydrogen) atoms. The summed E-state index contributed by atoms with van der Waals surface area (Å²) in [7, 11) is 0. The van der Waals surface area contributed by atoms with E-state index >= 15 is 0 Å². The van der Waals surface area contributed by atoms with E-state index in [4.69, 9.17) is 0 Å². The van der Waals surface area contributed by atoms with E-state index in [1.54, 1.807) is 18.5 Å². The summed E-state index contributed by atoms with van der Waals surface area (Å²) in [5.41, 5.74) is 4.10. The predicted molar refractivity (Wildman–Crippen MR) is 87.7 cm³/mol. The van der Waals surface area contributed by atoms with Gasteiger partial charge in [-0.15, -0.1) is 0 Å². The number of amides is 1. The molecule has 1 amide bonds. The summed E-state index contributed by atoms with van der Waals surface area (Å²) in [5, 5.41) is 7.45. The average molecular weight is 300 g/mol. The van der Waals surface area contributed by atoms with Gasteiger partial charge in [-0.1, -0.05) is 13.8 Å². The van der Waals surface area contributed by atoms with Crippen LogP contribution in [0.25, 0.3) is 0 Å². The van der Waals surface area contributed by atoms with Gasteiger partial charge in [0.2, 0.25) is 5.91 Å². The van der Waals surface area contributed by atoms with Crippen LogP contribution in [0.4, 0.5) is 5.69 Å². The number of anilines is 1. The van der Waals surface area contributed by atoms with E-state index in [0.717, 1.165) is 17.9 Å². The van der Waals surface area contributed by atoms with Gasteiger partial charge in [0.25, 0.3) is 0 Å². The van der Waals surface area contributed by atoms with Gasteiger partial charge < -0.3 is 5.32 Å². The lowest BCUT2D eigenvalue weighted by Crippen LogP contribution is -2.13. The monoisotopic (exact) mass is 300 g/mol. The maximum atomic E-state index is 12.0. The highest BCUT2D eigenvalue weighted by atomic mass is 16.1. The fraction of sp³-hybridized carbons (Fsp3) is 0.471. The van der Waals surface area contributed by atoms with E-state index in [2.05, 4.69) is 36.2 Å². The maximum Gasteiger partial charge on any atom is 0.224 e. The van der Waals surface area contributed by atoms with Gasteiger partial charge in [0.05, 0.1) is 17.6 Å². The summed E-state index contributed by atoms with van der Waals surface area (Å²) in [6, 6.07) is 3.64. The third-order valence-electron chi connectivity index (χ3n) is 3.62. The van der Waals surface area contributed by atoms with Crippen molar-refractivity contribution in [2.24, 2.45) is 5.92 Å². The molecule has 0 bridgehead atoms. The molecular formula is C17H24N4O. The summed E-state index contributed by atoms with van der Waals surface area (Å²) in [4.78, 5) is 16.0. The van der Waals surface area contributed by atoms with Crippen molar-refractivity contribution in [2.75, 3.05) is 5.32 Å². The molecule has 0 aliphatic carbocycles. The van der Waals surface area contributed by atoms with Gasteiger partial charge >= 0.3 is 0 Å². The molecule has 0 saturated heterocycles. The fourth-order valence-corrected chi connectivity index (χ4v) is 2.52. The molecule has 0 radical (unpaired) electrons. The van der Waals surface area contributed by atoms with Gasteiger partial charge in [0.15, 0.2) is 0 Å². The SMILES string of the molecule is Cc1nn(CC(C)C)c(C)c1CCC(=O)Nc1cccnc1. The Morgan fingerprint density at radius 1 is 1.36 bits per heavy atom. The second-order valence-electron chi connectivity index (χ2n) is 6.02. The minimum absolute atomic E-state index is 0.00316. The van der Waals surface area contributed by atoms with Crippen LogP contribution in [0.2, 0.25) is 0 Å². The number of carbonyl (C=O) groups excluding carboxylic acids is 1. The topological polar surface area (TPSA) is 59.8 Å². The largest absolute Gasteiger partial charge is 0.325 e. The van der Waals surface area contributed by atoms with E-state index in [1.165, 1.54) is 11.3 Å². The number of hydrogen-bond donors (Lipinski definition) is 1. The number of aromatic nitrogens is 3. The van der Waals surface area contributed by atoms with E-state index in [9.17, 15) is 4.79 Å². The molecule has 2 aromatic rings. The predicted octanol–water partition coefficient (Wildman–Crippen LogP) is 3.12. The van der Waals surface area contributed by atoms with E-state index in [1.807, 2.05) is 17.7 Å². The molecule has 5 nitrogen and oxygen atoms in total. The van der Waals surface area contributed by atoms with Gasteiger partial charge in [0, 0.05) is 24.9 Å². The standard InChI is InChI=1S/C17H24N4O/c1-12(2)11-21-14(4)16(13(3)20-21)7-8-17(22)19-15-6-5-9-18-10-15/h5-6,9-10,12H,7-8,11H2,1-4H3,(H,19,22). The van der Waals surface area contributed by atoms with Crippen LogP contribution in [0, 0.1) is 19.8 Å². The minimum Gasteiger partial charge on any atom is -0.325 e. The average Bonchev–Trinajstić information content (AvgIpc) is 2.72. The Morgan fingerprint density at radius 2 is 2.14 bits per heavy atom. The molecule has 0 unspecified atom stereocenters. The second-order valence-corrected chi connectivity index (χ2v) is 6.02. The minimum atomic E-state index is 0.00316. The number of nitrogens with one attached hydrogen (secondary N) is 1. The van der Waals surface area contributed by atoms with Crippen LogP contribution in [0.1, 0.15) is 37.2 Å². The van der Waals surface area contributed by atoms with Gasteiger partial charge in [-0.25, -0.2) is 0 Å². The van der Waals surface area contributed by atoms with Crippen molar-refractivity contribution in [1.29, 1.82) is 0 Å². The van der Waals surface area contributed by atoms with Crippen LogP contribution >= 0.6 is 0 Å². The summed E-state index contributed by atoms with van der Waals surface area (Å²) in [5.74, 6) is 0.558. The molecule has 0 aliphatic heterocycles. The van der Waals surface area contributed by atoms with Crippen molar-refractivity contribution >= 4 is 11.6 Å². The van der Waals surface area contributed by atoms with Gasteiger partial charge in [0.1, 0.15) is 0 Å². The van der Waals surface area contributed by atoms with Crippen molar-refractivity contribution in [3.05, 3.63) is 41.5 Å². The van der Waals surface area contributed by atoms with Gasteiger partial charge in [-0.05, 0) is 43.9 Å². The molecule has 0 atom stereocenters. The summed E-state index contributed by atoms with van der Waals surface area (Å²) in [6.07, 6.45) is 4.49. The van der Waals surface area contributed by atoms with Crippen LogP contribution in [0.15, 0.2) is 24.5 Å². The Morgan fingerprint density at radius 3 is 2.77 bits per heavy atom. The van der Waals surface area contributed by atoms with Crippen molar-refractivity contribution in [3.8, 4) is 0 Å². The zero-order valence-corrected chi connectivity index (χ0v) is 13.8. The van der Waals surface area contributed by atoms with Crippen LogP contribution < -0.4 is 5.32 Å². The van der Waals surface area contributed by atoms with Crippen molar-refractivity contribution in [3.63, 3.8) is 0 Å². The third-order valence-corrected chi connectivity index (χ3v) is 3.62. The molecule has 5 heteroatoms. The normalized spacial score (nSPS) is 11.0. The molecule has 2 heterocycles. The molecular weight excluding hydrogens is 276 g/mol. The summed E-state index contributed by atoms with van der Waals surface area (Å²) in [6.45, 7) is 9.36. The first-order valence-electron chi connectivity index (χ1n) is 7.70. The van der Waals surface area contributed by atoms with Gasteiger partial charge in [-0.2, -0.15) is 5.10 Å². The quantitative estimate of drug-likeness (QED) is 0.891. The Hall–Kier alpha value is -2.17. The van der Waals surface area contributed by atoms with Crippen molar-refractivity contribution in [1.82, 2.24) is 14.8 Å². The number of hydrogen-bond acceptors (Lipinski definition) is 3. The van der Waals surface area contributed by atoms with E-state index in [0.29, 0.717) is 18.8 Å². The van der Waals surface area contributed by atoms with Crippen LogP contribution in [0.5, 0.6) is 0 Å². The van der Waals surface area contributed by atoms with Crippen LogP contribution in [0.3, 0.4) is 0 Å². The van der Waals surface area contributed by atoms with E-state index < -0.39 is 0 Å². The molecule has 1 N–H and O–H groups in total. The highest BCUT2D eigenvalue weighted by Crippen LogP contribution is 2.17. The molecule has 2 aromatic heterocycles. The fourth-order valence-electron chi connectivity index (χ4n) is 2.52.